The fourth-order valence-electron chi connectivity index (χ4n) is 1.59. The monoisotopic (exact) mass is 298 g/mol. The van der Waals surface area contributed by atoms with Crippen LogP contribution < -0.4 is 0 Å². The summed E-state index contributed by atoms with van der Waals surface area (Å²) in [6.45, 7) is 0. The van der Waals surface area contributed by atoms with Crippen molar-refractivity contribution in [2.75, 3.05) is 0 Å². The van der Waals surface area contributed by atoms with E-state index in [9.17, 15) is 4.79 Å². The Balaban J connectivity index is 2.42. The number of halogens is 4. The number of esters is 1. The highest BCUT2D eigenvalue weighted by atomic mass is 35.6. The molecule has 1 fully saturated rings. The molecule has 86 valence electrons. The number of carbonyl (C=O) groups is 1. The number of alkyl halides is 3. The quantitative estimate of drug-likeness (QED) is 0.581. The number of hydrogen-bond donors (Lipinski definition) is 0. The number of ether oxygens (including phenoxy) is 1. The Morgan fingerprint density at radius 1 is 1.19 bits per heavy atom. The molecule has 0 N–H and O–H groups in total. The van der Waals surface area contributed by atoms with Gasteiger partial charge in [0.1, 0.15) is 0 Å². The van der Waals surface area contributed by atoms with Crippen molar-refractivity contribution in [1.82, 2.24) is 0 Å². The number of cyclic esters (lactones) is 1. The number of carbonyl (C=O) groups excluding carboxylic acids is 1. The van der Waals surface area contributed by atoms with Crippen LogP contribution in [0.1, 0.15) is 12.0 Å². The van der Waals surface area contributed by atoms with E-state index >= 15 is 0 Å². The molecule has 1 aromatic carbocycles. The SMILES string of the molecule is O=C1CC(c2ccc(Cl)cc2)(C(Cl)(Cl)Cl)O1. The van der Waals surface area contributed by atoms with E-state index in [1.54, 1.807) is 24.3 Å². The second kappa shape index (κ2) is 3.95. The van der Waals surface area contributed by atoms with E-state index in [1.165, 1.54) is 0 Å². The first-order chi connectivity index (χ1) is 7.35. The van der Waals surface area contributed by atoms with E-state index in [-0.39, 0.29) is 12.4 Å². The van der Waals surface area contributed by atoms with E-state index in [1.807, 2.05) is 0 Å². The van der Waals surface area contributed by atoms with E-state index in [4.69, 9.17) is 51.1 Å². The van der Waals surface area contributed by atoms with Gasteiger partial charge in [-0.2, -0.15) is 0 Å². The molecule has 1 aromatic rings. The van der Waals surface area contributed by atoms with E-state index in [0.29, 0.717) is 10.6 Å². The molecule has 0 spiro atoms. The van der Waals surface area contributed by atoms with Crippen LogP contribution in [0.3, 0.4) is 0 Å². The van der Waals surface area contributed by atoms with Crippen molar-refractivity contribution in [2.45, 2.75) is 15.8 Å². The highest BCUT2D eigenvalue weighted by Gasteiger charge is 2.61. The van der Waals surface area contributed by atoms with Gasteiger partial charge in [0.05, 0.1) is 6.42 Å². The van der Waals surface area contributed by atoms with Crippen molar-refractivity contribution in [2.24, 2.45) is 0 Å². The van der Waals surface area contributed by atoms with Crippen molar-refractivity contribution in [3.05, 3.63) is 34.9 Å². The third-order valence-electron chi connectivity index (χ3n) is 2.45. The Labute approximate surface area is 112 Å². The van der Waals surface area contributed by atoms with Crippen LogP contribution in [0.25, 0.3) is 0 Å². The van der Waals surface area contributed by atoms with Gasteiger partial charge in [0.25, 0.3) is 0 Å². The summed E-state index contributed by atoms with van der Waals surface area (Å²) >= 11 is 23.3. The molecular weight excluding hydrogens is 294 g/mol. The zero-order valence-electron chi connectivity index (χ0n) is 7.84. The Morgan fingerprint density at radius 2 is 1.69 bits per heavy atom. The molecule has 0 radical (unpaired) electrons. The number of rotatable bonds is 1. The van der Waals surface area contributed by atoms with Crippen LogP contribution in [0.5, 0.6) is 0 Å². The van der Waals surface area contributed by atoms with E-state index in [0.717, 1.165) is 0 Å². The predicted molar refractivity (Wildman–Crippen MR) is 64.1 cm³/mol. The lowest BCUT2D eigenvalue weighted by Crippen LogP contribution is -2.54. The summed E-state index contributed by atoms with van der Waals surface area (Å²) < 4.78 is 3.34. The molecule has 1 atom stereocenters. The highest BCUT2D eigenvalue weighted by molar-refractivity contribution is 6.68. The van der Waals surface area contributed by atoms with Crippen LogP contribution in [-0.2, 0) is 15.1 Å². The zero-order chi connectivity index (χ0) is 12.0. The molecule has 6 heteroatoms. The first-order valence-electron chi connectivity index (χ1n) is 4.40. The molecule has 0 aliphatic carbocycles. The van der Waals surface area contributed by atoms with Crippen molar-refractivity contribution < 1.29 is 9.53 Å². The molecule has 0 amide bonds. The predicted octanol–water partition coefficient (Wildman–Crippen LogP) is 3.85. The van der Waals surface area contributed by atoms with Gasteiger partial charge in [0.2, 0.25) is 3.79 Å². The Bertz CT molecular complexity index is 413. The van der Waals surface area contributed by atoms with Gasteiger partial charge in [0, 0.05) is 10.6 Å². The summed E-state index contributed by atoms with van der Waals surface area (Å²) in [5, 5.41) is 0.564. The molecule has 1 heterocycles. The molecule has 0 bridgehead atoms. The fraction of sp³-hybridized carbons (Fsp3) is 0.300. The molecule has 2 rings (SSSR count). The van der Waals surface area contributed by atoms with Crippen LogP contribution >= 0.6 is 46.4 Å². The van der Waals surface area contributed by atoms with Crippen LogP contribution in [-0.4, -0.2) is 9.76 Å². The van der Waals surface area contributed by atoms with Crippen LogP contribution in [0, 0.1) is 0 Å². The average Bonchev–Trinajstić information content (AvgIpc) is 2.12. The van der Waals surface area contributed by atoms with E-state index in [2.05, 4.69) is 0 Å². The minimum atomic E-state index is -1.70. The smallest absolute Gasteiger partial charge is 0.311 e. The van der Waals surface area contributed by atoms with Gasteiger partial charge in [-0.15, -0.1) is 0 Å². The van der Waals surface area contributed by atoms with Crippen LogP contribution in [0.15, 0.2) is 24.3 Å². The van der Waals surface area contributed by atoms with Gasteiger partial charge in [-0.05, 0) is 12.1 Å². The molecule has 1 aliphatic heterocycles. The summed E-state index contributed by atoms with van der Waals surface area (Å²) in [7, 11) is 0. The molecule has 0 aromatic heterocycles. The first kappa shape index (κ1) is 12.3. The van der Waals surface area contributed by atoms with Gasteiger partial charge in [0.15, 0.2) is 5.60 Å². The molecule has 2 nitrogen and oxygen atoms in total. The maximum absolute atomic E-state index is 11.0. The third kappa shape index (κ3) is 1.88. The molecule has 1 unspecified atom stereocenters. The summed E-state index contributed by atoms with van der Waals surface area (Å²) in [6.07, 6.45) is 0.0468. The Morgan fingerprint density at radius 3 is 2.06 bits per heavy atom. The average molecular weight is 300 g/mol. The Kier molecular flexibility index (Phi) is 3.04. The number of hydrogen-bond acceptors (Lipinski definition) is 2. The normalized spacial score (nSPS) is 24.9. The van der Waals surface area contributed by atoms with E-state index < -0.39 is 9.39 Å². The molecule has 0 saturated carbocycles. The lowest BCUT2D eigenvalue weighted by molar-refractivity contribution is -0.193. The Hall–Kier alpha value is -0.150. The minimum Gasteiger partial charge on any atom is -0.449 e. The van der Waals surface area contributed by atoms with Gasteiger partial charge < -0.3 is 4.74 Å². The zero-order valence-corrected chi connectivity index (χ0v) is 10.9. The lowest BCUT2D eigenvalue weighted by Gasteiger charge is -2.45. The standard InChI is InChI=1S/C10H6Cl4O2/c11-7-3-1-6(2-4-7)9(10(12,13)14)5-8(15)16-9/h1-4H,5H2. The summed E-state index contributed by atoms with van der Waals surface area (Å²) in [6, 6.07) is 6.66. The largest absolute Gasteiger partial charge is 0.449 e. The van der Waals surface area contributed by atoms with Crippen molar-refractivity contribution in [1.29, 1.82) is 0 Å². The topological polar surface area (TPSA) is 26.3 Å². The molecule has 16 heavy (non-hydrogen) atoms. The molecule has 1 saturated heterocycles. The van der Waals surface area contributed by atoms with Crippen molar-refractivity contribution in [3.8, 4) is 0 Å². The summed E-state index contributed by atoms with van der Waals surface area (Å²) in [5.74, 6) is -0.388. The fourth-order valence-corrected chi connectivity index (χ4v) is 2.36. The first-order valence-corrected chi connectivity index (χ1v) is 5.91. The van der Waals surface area contributed by atoms with Gasteiger partial charge >= 0.3 is 5.97 Å². The van der Waals surface area contributed by atoms with Gasteiger partial charge in [-0.25, -0.2) is 0 Å². The van der Waals surface area contributed by atoms with Crippen LogP contribution in [0.4, 0.5) is 0 Å². The second-order valence-electron chi connectivity index (χ2n) is 3.48. The van der Waals surface area contributed by atoms with Gasteiger partial charge in [-0.3, -0.25) is 4.79 Å². The summed E-state index contributed by atoms with van der Waals surface area (Å²) in [4.78, 5) is 11.0. The maximum Gasteiger partial charge on any atom is 0.311 e. The second-order valence-corrected chi connectivity index (χ2v) is 6.20. The summed E-state index contributed by atoms with van der Waals surface area (Å²) in [5.41, 5.74) is -0.573. The highest BCUT2D eigenvalue weighted by Crippen LogP contribution is 2.54. The lowest BCUT2D eigenvalue weighted by atomic mass is 9.87. The molecule has 1 aliphatic rings. The van der Waals surface area contributed by atoms with Crippen LogP contribution in [0.2, 0.25) is 5.02 Å². The number of benzene rings is 1. The maximum atomic E-state index is 11.0. The molecular formula is C10H6Cl4O2. The minimum absolute atomic E-state index is 0.0468. The third-order valence-corrected chi connectivity index (χ3v) is 3.62. The van der Waals surface area contributed by atoms with Crippen molar-refractivity contribution in [3.63, 3.8) is 0 Å². The van der Waals surface area contributed by atoms with Gasteiger partial charge in [-0.1, -0.05) is 58.5 Å². The van der Waals surface area contributed by atoms with Crippen molar-refractivity contribution >= 4 is 52.4 Å².